The van der Waals surface area contributed by atoms with E-state index in [9.17, 15) is 4.79 Å². The molecule has 0 unspecified atom stereocenters. The second-order valence-corrected chi connectivity index (χ2v) is 5.98. The van der Waals surface area contributed by atoms with Gasteiger partial charge in [-0.3, -0.25) is 14.2 Å². The third-order valence-corrected chi connectivity index (χ3v) is 4.42. The van der Waals surface area contributed by atoms with E-state index in [1.54, 1.807) is 18.6 Å². The first-order valence-electron chi connectivity index (χ1n) is 8.20. The van der Waals surface area contributed by atoms with Gasteiger partial charge in [-0.05, 0) is 37.1 Å². The summed E-state index contributed by atoms with van der Waals surface area (Å²) in [5, 5.41) is 2.95. The van der Waals surface area contributed by atoms with E-state index in [2.05, 4.69) is 20.2 Å². The second kappa shape index (κ2) is 6.31. The Bertz CT molecular complexity index is 849. The molecular weight excluding hydrogens is 302 g/mol. The van der Waals surface area contributed by atoms with E-state index >= 15 is 0 Å². The molecule has 1 amide bonds. The molecule has 1 aliphatic heterocycles. The topological polar surface area (TPSA) is 62.5 Å². The summed E-state index contributed by atoms with van der Waals surface area (Å²) in [6, 6.07) is 7.84. The number of nitrogens with zero attached hydrogens (tertiary/aromatic N) is 4. The fraction of sp³-hybridized carbons (Fsp3) is 0.278. The maximum atomic E-state index is 12.3. The third kappa shape index (κ3) is 2.82. The van der Waals surface area contributed by atoms with Crippen molar-refractivity contribution in [2.24, 2.45) is 0 Å². The quantitative estimate of drug-likeness (QED) is 0.801. The van der Waals surface area contributed by atoms with Crippen LogP contribution in [0.2, 0.25) is 0 Å². The first kappa shape index (κ1) is 14.7. The number of rotatable bonds is 4. The van der Waals surface area contributed by atoms with Gasteiger partial charge in [-0.25, -0.2) is 4.98 Å². The second-order valence-electron chi connectivity index (χ2n) is 5.98. The molecule has 0 radical (unpaired) electrons. The average molecular weight is 321 g/mol. The van der Waals surface area contributed by atoms with Gasteiger partial charge in [0.2, 0.25) is 0 Å². The number of hydrogen-bond donors (Lipinski definition) is 1. The van der Waals surface area contributed by atoms with Gasteiger partial charge < -0.3 is 10.2 Å². The average Bonchev–Trinajstić information content (AvgIpc) is 3.30. The molecule has 2 aromatic heterocycles. The molecule has 6 heteroatoms. The molecule has 3 heterocycles. The molecule has 4 rings (SSSR count). The summed E-state index contributed by atoms with van der Waals surface area (Å²) in [6.07, 6.45) is 9.50. The minimum Gasteiger partial charge on any atom is -0.372 e. The maximum absolute atomic E-state index is 12.3. The highest BCUT2D eigenvalue weighted by Crippen LogP contribution is 2.20. The zero-order chi connectivity index (χ0) is 16.4. The van der Waals surface area contributed by atoms with Crippen LogP contribution in [0.1, 0.15) is 28.9 Å². The molecule has 1 fully saturated rings. The van der Waals surface area contributed by atoms with E-state index in [1.165, 1.54) is 18.5 Å². The van der Waals surface area contributed by atoms with E-state index < -0.39 is 0 Å². The fourth-order valence-corrected chi connectivity index (χ4v) is 3.10. The van der Waals surface area contributed by atoms with Crippen LogP contribution in [0.15, 0.2) is 49.1 Å². The summed E-state index contributed by atoms with van der Waals surface area (Å²) < 4.78 is 1.92. The molecule has 1 aromatic carbocycles. The van der Waals surface area contributed by atoms with Crippen molar-refractivity contribution in [1.29, 1.82) is 0 Å². The van der Waals surface area contributed by atoms with E-state index in [-0.39, 0.29) is 5.91 Å². The van der Waals surface area contributed by atoms with E-state index in [4.69, 9.17) is 0 Å². The van der Waals surface area contributed by atoms with Crippen molar-refractivity contribution in [2.75, 3.05) is 18.0 Å². The van der Waals surface area contributed by atoms with Crippen molar-refractivity contribution in [3.05, 3.63) is 60.3 Å². The van der Waals surface area contributed by atoms with Crippen molar-refractivity contribution < 1.29 is 4.79 Å². The van der Waals surface area contributed by atoms with Crippen LogP contribution in [0.25, 0.3) is 5.65 Å². The van der Waals surface area contributed by atoms with Crippen molar-refractivity contribution in [3.63, 3.8) is 0 Å². The van der Waals surface area contributed by atoms with E-state index in [1.807, 2.05) is 34.9 Å². The van der Waals surface area contributed by atoms with Gasteiger partial charge in [-0.1, -0.05) is 0 Å². The number of carbonyl (C=O) groups is 1. The molecule has 1 aliphatic rings. The third-order valence-electron chi connectivity index (χ3n) is 4.42. The van der Waals surface area contributed by atoms with Gasteiger partial charge in [0.15, 0.2) is 5.65 Å². The maximum Gasteiger partial charge on any atom is 0.251 e. The lowest BCUT2D eigenvalue weighted by atomic mass is 10.2. The first-order chi connectivity index (χ1) is 11.8. The van der Waals surface area contributed by atoms with Crippen LogP contribution in [0.5, 0.6) is 0 Å². The number of fused-ring (bicyclic) bond motifs is 1. The predicted octanol–water partition coefficient (Wildman–Crippen LogP) is 2.26. The number of aromatic nitrogens is 3. The van der Waals surface area contributed by atoms with E-state index in [0.717, 1.165) is 24.4 Å². The highest BCUT2D eigenvalue weighted by atomic mass is 16.1. The molecule has 1 saturated heterocycles. The number of nitrogens with one attached hydrogen (secondary N) is 1. The molecule has 0 saturated carbocycles. The summed E-state index contributed by atoms with van der Waals surface area (Å²) in [5.74, 6) is -0.0769. The van der Waals surface area contributed by atoms with Gasteiger partial charge in [0.25, 0.3) is 5.91 Å². The molecule has 1 N–H and O–H groups in total. The Balaban J connectivity index is 1.42. The number of benzene rings is 1. The molecule has 122 valence electrons. The van der Waals surface area contributed by atoms with Gasteiger partial charge in [0.1, 0.15) is 0 Å². The smallest absolute Gasteiger partial charge is 0.251 e. The summed E-state index contributed by atoms with van der Waals surface area (Å²) in [4.78, 5) is 23.0. The molecule has 0 spiro atoms. The predicted molar refractivity (Wildman–Crippen MR) is 92.0 cm³/mol. The minimum atomic E-state index is -0.0769. The van der Waals surface area contributed by atoms with Crippen LogP contribution >= 0.6 is 0 Å². The normalized spacial score (nSPS) is 14.2. The highest BCUT2D eigenvalue weighted by Gasteiger charge is 2.13. The molecule has 24 heavy (non-hydrogen) atoms. The number of hydrogen-bond acceptors (Lipinski definition) is 4. The van der Waals surface area contributed by atoms with E-state index in [0.29, 0.717) is 12.1 Å². The fourth-order valence-electron chi connectivity index (χ4n) is 3.10. The lowest BCUT2D eigenvalue weighted by Gasteiger charge is -2.17. The van der Waals surface area contributed by atoms with Crippen LogP contribution < -0.4 is 10.2 Å². The van der Waals surface area contributed by atoms with Crippen LogP contribution in [0, 0.1) is 0 Å². The lowest BCUT2D eigenvalue weighted by Crippen LogP contribution is -2.23. The summed E-state index contributed by atoms with van der Waals surface area (Å²) in [6.45, 7) is 2.64. The molecular formula is C18H19N5O. The standard InChI is InChI=1S/C18H19N5O/c24-18(14-3-5-15(6-4-14)22-8-1-2-9-22)21-12-16-11-20-17-13-19-7-10-23(16)17/h3-7,10-11,13H,1-2,8-9,12H2,(H,21,24). The summed E-state index contributed by atoms with van der Waals surface area (Å²) >= 11 is 0. The SMILES string of the molecule is O=C(NCc1cnc2cnccn12)c1ccc(N2CCCC2)cc1. The monoisotopic (exact) mass is 321 g/mol. The Morgan fingerprint density at radius 2 is 1.92 bits per heavy atom. The van der Waals surface area contributed by atoms with Gasteiger partial charge in [0.05, 0.1) is 24.6 Å². The Kier molecular flexibility index (Phi) is 3.86. The van der Waals surface area contributed by atoms with Gasteiger partial charge in [-0.2, -0.15) is 0 Å². The first-order valence-corrected chi connectivity index (χ1v) is 8.20. The zero-order valence-electron chi connectivity index (χ0n) is 13.4. The minimum absolute atomic E-state index is 0.0769. The zero-order valence-corrected chi connectivity index (χ0v) is 13.4. The summed E-state index contributed by atoms with van der Waals surface area (Å²) in [7, 11) is 0. The molecule has 0 aliphatic carbocycles. The Morgan fingerprint density at radius 1 is 1.12 bits per heavy atom. The molecule has 6 nitrogen and oxygen atoms in total. The Morgan fingerprint density at radius 3 is 2.71 bits per heavy atom. The molecule has 0 bridgehead atoms. The highest BCUT2D eigenvalue weighted by molar-refractivity contribution is 5.94. The number of carbonyl (C=O) groups excluding carboxylic acids is 1. The van der Waals surface area contributed by atoms with Gasteiger partial charge >= 0.3 is 0 Å². The Labute approximate surface area is 140 Å². The molecule has 3 aromatic rings. The van der Waals surface area contributed by atoms with Crippen LogP contribution in [-0.4, -0.2) is 33.4 Å². The van der Waals surface area contributed by atoms with Crippen LogP contribution in [-0.2, 0) is 6.54 Å². The summed E-state index contributed by atoms with van der Waals surface area (Å²) in [5.41, 5.74) is 3.57. The van der Waals surface area contributed by atoms with Crippen molar-refractivity contribution in [3.8, 4) is 0 Å². The number of anilines is 1. The van der Waals surface area contributed by atoms with Crippen molar-refractivity contribution >= 4 is 17.2 Å². The Hall–Kier alpha value is -2.89. The van der Waals surface area contributed by atoms with Crippen molar-refractivity contribution in [2.45, 2.75) is 19.4 Å². The largest absolute Gasteiger partial charge is 0.372 e. The van der Waals surface area contributed by atoms with Crippen LogP contribution in [0.3, 0.4) is 0 Å². The number of imidazole rings is 1. The van der Waals surface area contributed by atoms with Crippen LogP contribution in [0.4, 0.5) is 5.69 Å². The lowest BCUT2D eigenvalue weighted by molar-refractivity contribution is 0.0950. The number of amides is 1. The van der Waals surface area contributed by atoms with Gasteiger partial charge in [0, 0.05) is 36.7 Å². The molecule has 0 atom stereocenters. The van der Waals surface area contributed by atoms with Gasteiger partial charge in [-0.15, -0.1) is 0 Å². The van der Waals surface area contributed by atoms with Crippen molar-refractivity contribution in [1.82, 2.24) is 19.7 Å².